The minimum absolute atomic E-state index is 0.0729. The summed E-state index contributed by atoms with van der Waals surface area (Å²) in [5.74, 6) is 0.146. The summed E-state index contributed by atoms with van der Waals surface area (Å²) in [6.45, 7) is 0. The molecule has 0 aliphatic heterocycles. The van der Waals surface area contributed by atoms with E-state index in [1.54, 1.807) is 36.7 Å². The molecule has 0 aromatic carbocycles. The zero-order valence-electron chi connectivity index (χ0n) is 12.4. The molecule has 0 unspecified atom stereocenters. The van der Waals surface area contributed by atoms with Gasteiger partial charge in [-0.05, 0) is 24.3 Å². The lowest BCUT2D eigenvalue weighted by Crippen LogP contribution is -1.99. The van der Waals surface area contributed by atoms with Gasteiger partial charge < -0.3 is 15.1 Å². The predicted octanol–water partition coefficient (Wildman–Crippen LogP) is 3.72. The average Bonchev–Trinajstić information content (AvgIpc) is 3.12. The van der Waals surface area contributed by atoms with E-state index < -0.39 is 0 Å². The second kappa shape index (κ2) is 5.73. The van der Waals surface area contributed by atoms with E-state index in [0.29, 0.717) is 35.9 Å². The van der Waals surface area contributed by atoms with Gasteiger partial charge in [-0.2, -0.15) is 0 Å². The Morgan fingerprint density at radius 1 is 0.958 bits per heavy atom. The van der Waals surface area contributed by atoms with Crippen molar-refractivity contribution in [2.75, 3.05) is 7.11 Å². The van der Waals surface area contributed by atoms with Crippen LogP contribution in [0.3, 0.4) is 0 Å². The van der Waals surface area contributed by atoms with Gasteiger partial charge in [0.1, 0.15) is 43.7 Å². The van der Waals surface area contributed by atoms with Gasteiger partial charge >= 0.3 is 0 Å². The van der Waals surface area contributed by atoms with Crippen LogP contribution in [0.4, 0.5) is 0 Å². The van der Waals surface area contributed by atoms with Gasteiger partial charge in [-0.3, -0.25) is 0 Å². The Balaban J connectivity index is 1.98. The fourth-order valence-corrected chi connectivity index (χ4v) is 4.55. The molecule has 0 fully saturated rings. The van der Waals surface area contributed by atoms with Crippen LogP contribution >= 0.6 is 22.7 Å². The van der Waals surface area contributed by atoms with Crippen molar-refractivity contribution in [3.05, 3.63) is 46.4 Å². The summed E-state index contributed by atoms with van der Waals surface area (Å²) in [4.78, 5) is 15.8. The molecule has 24 heavy (non-hydrogen) atoms. The molecule has 0 amide bonds. The zero-order chi connectivity index (χ0) is 16.7. The quantitative estimate of drug-likeness (QED) is 0.431. The topological polar surface area (TPSA) is 87.8 Å². The van der Waals surface area contributed by atoms with Crippen LogP contribution in [0.2, 0.25) is 0 Å². The van der Waals surface area contributed by atoms with Crippen LogP contribution in [0.25, 0.3) is 20.4 Å². The molecule has 0 bridgehead atoms. The second-order valence-electron chi connectivity index (χ2n) is 4.89. The van der Waals surface area contributed by atoms with Crippen LogP contribution in [-0.4, -0.2) is 33.0 Å². The molecule has 0 radical (unpaired) electrons. The Bertz CT molecular complexity index is 1000. The lowest BCUT2D eigenvalue weighted by atomic mass is 10.2. The van der Waals surface area contributed by atoms with Gasteiger partial charge in [-0.25, -0.2) is 9.97 Å². The third-order valence-corrected chi connectivity index (χ3v) is 5.71. The summed E-state index contributed by atoms with van der Waals surface area (Å²) < 4.78 is 0. The maximum absolute atomic E-state index is 10.6. The fraction of sp³-hybridized carbons (Fsp3) is 0.0625. The fourth-order valence-electron chi connectivity index (χ4n) is 2.44. The number of hydrogen-bond acceptors (Lipinski definition) is 8. The minimum Gasteiger partial charge on any atom is -0.506 e. The Labute approximate surface area is 144 Å². The molecular weight excluding hydrogens is 346 g/mol. The van der Waals surface area contributed by atoms with Crippen molar-refractivity contribution >= 4 is 48.8 Å². The number of oxime groups is 1. The van der Waals surface area contributed by atoms with Crippen molar-refractivity contribution in [1.82, 2.24) is 9.97 Å². The molecule has 0 atom stereocenters. The molecule has 0 aliphatic rings. The van der Waals surface area contributed by atoms with Crippen molar-refractivity contribution in [3.8, 4) is 11.5 Å². The number of thiophene rings is 2. The number of nitrogens with zero attached hydrogens (tertiary/aromatic N) is 3. The first-order valence-electron chi connectivity index (χ1n) is 6.95. The number of hydrogen-bond donors (Lipinski definition) is 2. The highest BCUT2D eigenvalue weighted by Crippen LogP contribution is 2.42. The average molecular weight is 357 g/mol. The lowest BCUT2D eigenvalue weighted by molar-refractivity contribution is 0.214. The highest BCUT2D eigenvalue weighted by atomic mass is 32.1. The molecule has 4 aromatic rings. The van der Waals surface area contributed by atoms with Crippen LogP contribution in [0.15, 0.2) is 41.8 Å². The Morgan fingerprint density at radius 3 is 1.88 bits per heavy atom. The molecule has 2 N–H and O–H groups in total. The van der Waals surface area contributed by atoms with E-state index in [1.807, 2.05) is 0 Å². The maximum atomic E-state index is 10.6. The smallest absolute Gasteiger partial charge is 0.145 e. The van der Waals surface area contributed by atoms with Gasteiger partial charge in [0.15, 0.2) is 0 Å². The minimum atomic E-state index is 0.0729. The SMILES string of the molecule is CON=C(c1sc2ncccc2c1O)c1sc2ncccc2c1O. The molecule has 4 heterocycles. The predicted molar refractivity (Wildman–Crippen MR) is 95.2 cm³/mol. The van der Waals surface area contributed by atoms with E-state index in [4.69, 9.17) is 4.84 Å². The van der Waals surface area contributed by atoms with Crippen molar-refractivity contribution in [1.29, 1.82) is 0 Å². The van der Waals surface area contributed by atoms with E-state index in [1.165, 1.54) is 29.8 Å². The van der Waals surface area contributed by atoms with Gasteiger partial charge in [0.2, 0.25) is 0 Å². The van der Waals surface area contributed by atoms with Crippen molar-refractivity contribution in [3.63, 3.8) is 0 Å². The molecule has 0 saturated carbocycles. The highest BCUT2D eigenvalue weighted by molar-refractivity contribution is 7.24. The van der Waals surface area contributed by atoms with Crippen LogP contribution in [0.1, 0.15) is 9.75 Å². The molecule has 0 spiro atoms. The summed E-state index contributed by atoms with van der Waals surface area (Å²) in [5.41, 5.74) is 0.360. The van der Waals surface area contributed by atoms with Gasteiger partial charge in [0, 0.05) is 12.4 Å². The Kier molecular flexibility index (Phi) is 3.55. The van der Waals surface area contributed by atoms with E-state index >= 15 is 0 Å². The Hall–Kier alpha value is -2.71. The summed E-state index contributed by atoms with van der Waals surface area (Å²) in [5, 5.41) is 26.4. The normalized spacial score (nSPS) is 11.0. The van der Waals surface area contributed by atoms with E-state index in [0.717, 1.165) is 0 Å². The molecule has 4 rings (SSSR count). The monoisotopic (exact) mass is 357 g/mol. The molecule has 0 saturated heterocycles. The molecule has 6 nitrogen and oxygen atoms in total. The third-order valence-electron chi connectivity index (χ3n) is 3.49. The number of rotatable bonds is 3. The highest BCUT2D eigenvalue weighted by Gasteiger charge is 2.24. The van der Waals surface area contributed by atoms with Crippen molar-refractivity contribution < 1.29 is 15.1 Å². The number of aromatic nitrogens is 2. The third kappa shape index (κ3) is 2.19. The maximum Gasteiger partial charge on any atom is 0.145 e. The summed E-state index contributed by atoms with van der Waals surface area (Å²) >= 11 is 2.58. The van der Waals surface area contributed by atoms with E-state index in [9.17, 15) is 10.2 Å². The lowest BCUT2D eigenvalue weighted by Gasteiger charge is -2.02. The van der Waals surface area contributed by atoms with Gasteiger partial charge in [-0.15, -0.1) is 22.7 Å². The molecule has 0 aliphatic carbocycles. The molecule has 8 heteroatoms. The zero-order valence-corrected chi connectivity index (χ0v) is 14.1. The number of fused-ring (bicyclic) bond motifs is 2. The standard InChI is InChI=1S/C16H11N3O3S2/c1-22-19-10(13-11(20)8-4-2-6-17-15(8)23-13)14-12(21)9-5-3-7-18-16(9)24-14/h2-7,20-21H,1H3. The van der Waals surface area contributed by atoms with Crippen molar-refractivity contribution in [2.24, 2.45) is 5.16 Å². The first-order chi connectivity index (χ1) is 11.7. The number of aromatic hydroxyl groups is 2. The van der Waals surface area contributed by atoms with E-state index in [2.05, 4.69) is 15.1 Å². The van der Waals surface area contributed by atoms with E-state index in [-0.39, 0.29) is 11.5 Å². The molecule has 4 aromatic heterocycles. The van der Waals surface area contributed by atoms with Crippen LogP contribution in [0, 0.1) is 0 Å². The summed E-state index contributed by atoms with van der Waals surface area (Å²) in [7, 11) is 1.42. The number of pyridine rings is 2. The first-order valence-corrected chi connectivity index (χ1v) is 8.59. The van der Waals surface area contributed by atoms with Gasteiger partial charge in [0.25, 0.3) is 0 Å². The molecular formula is C16H11N3O3S2. The van der Waals surface area contributed by atoms with Gasteiger partial charge in [0.05, 0.1) is 10.8 Å². The summed E-state index contributed by atoms with van der Waals surface area (Å²) in [6.07, 6.45) is 3.33. The van der Waals surface area contributed by atoms with Crippen molar-refractivity contribution in [2.45, 2.75) is 0 Å². The van der Waals surface area contributed by atoms with Crippen LogP contribution in [-0.2, 0) is 4.84 Å². The first kappa shape index (κ1) is 14.9. The Morgan fingerprint density at radius 2 is 1.46 bits per heavy atom. The second-order valence-corrected chi connectivity index (χ2v) is 6.89. The van der Waals surface area contributed by atoms with Crippen LogP contribution in [0.5, 0.6) is 11.5 Å². The van der Waals surface area contributed by atoms with Crippen LogP contribution < -0.4 is 0 Å². The summed E-state index contributed by atoms with van der Waals surface area (Å²) in [6, 6.07) is 7.09. The van der Waals surface area contributed by atoms with Gasteiger partial charge in [-0.1, -0.05) is 5.16 Å². The largest absolute Gasteiger partial charge is 0.506 e. The molecule has 120 valence electrons.